The van der Waals surface area contributed by atoms with Crippen molar-refractivity contribution in [2.75, 3.05) is 0 Å². The summed E-state index contributed by atoms with van der Waals surface area (Å²) in [6.07, 6.45) is 25.0. The van der Waals surface area contributed by atoms with Crippen molar-refractivity contribution in [3.63, 3.8) is 0 Å². The van der Waals surface area contributed by atoms with E-state index in [2.05, 4.69) is 26.0 Å². The predicted octanol–water partition coefficient (Wildman–Crippen LogP) is 6.89. The minimum Gasteiger partial charge on any atom is -0.744 e. The first-order valence-electron chi connectivity index (χ1n) is 15.0. The molecule has 204 valence electrons. The van der Waals surface area contributed by atoms with E-state index in [4.69, 9.17) is 0 Å². The molecule has 0 fully saturated rings. The maximum absolute atomic E-state index is 12.0. The van der Waals surface area contributed by atoms with Gasteiger partial charge in [0.2, 0.25) is 0 Å². The van der Waals surface area contributed by atoms with Crippen molar-refractivity contribution in [2.45, 2.75) is 147 Å². The summed E-state index contributed by atoms with van der Waals surface area (Å²) >= 11 is 0. The van der Waals surface area contributed by atoms with E-state index in [-0.39, 0.29) is 56.3 Å². The maximum Gasteiger partial charge on any atom is 1.00 e. The van der Waals surface area contributed by atoms with Crippen LogP contribution in [0.5, 0.6) is 0 Å². The molecule has 0 saturated carbocycles. The number of aryl methyl sites for hydroxylation is 2. The normalized spacial score (nSPS) is 11.6. The molecule has 0 aromatic heterocycles. The topological polar surface area (TPSA) is 57.2 Å². The molecule has 0 unspecified atom stereocenters. The van der Waals surface area contributed by atoms with Crippen LogP contribution in [0, 0.1) is 0 Å². The van der Waals surface area contributed by atoms with E-state index in [9.17, 15) is 13.0 Å². The van der Waals surface area contributed by atoms with Gasteiger partial charge in [-0.15, -0.1) is 0 Å². The minimum absolute atomic E-state index is 0. The standard InChI is InChI=1S/C32H52O3S.K/c1-3-5-7-9-11-13-15-17-19-21-28-23-25-30-29(22-20-18-16-14-12-10-8-6-4-2)24-26-32(31(30)27-28)36(33,34)35;/h23-27H,3-22H2,1-2H3,(H,33,34,35);/q;+1/p-1. The number of hydrogen-bond donors (Lipinski definition) is 0. The zero-order valence-electron chi connectivity index (χ0n) is 24.2. The summed E-state index contributed by atoms with van der Waals surface area (Å²) in [5.41, 5.74) is 2.30. The summed E-state index contributed by atoms with van der Waals surface area (Å²) in [7, 11) is -4.50. The Hall–Kier alpha value is 0.246. The molecular formula is C32H51KO3S. The van der Waals surface area contributed by atoms with Crippen molar-refractivity contribution in [2.24, 2.45) is 0 Å². The molecule has 0 aliphatic heterocycles. The van der Waals surface area contributed by atoms with Gasteiger partial charge in [-0.1, -0.05) is 135 Å². The largest absolute Gasteiger partial charge is 1.00 e. The summed E-state index contributed by atoms with van der Waals surface area (Å²) in [6.45, 7) is 4.50. The van der Waals surface area contributed by atoms with Gasteiger partial charge in [0.1, 0.15) is 10.1 Å². The van der Waals surface area contributed by atoms with E-state index in [1.807, 2.05) is 12.1 Å². The Morgan fingerprint density at radius 1 is 0.568 bits per heavy atom. The molecule has 2 aromatic rings. The minimum atomic E-state index is -4.50. The van der Waals surface area contributed by atoms with Gasteiger partial charge in [-0.25, -0.2) is 8.42 Å². The average molecular weight is 555 g/mol. The van der Waals surface area contributed by atoms with Gasteiger partial charge < -0.3 is 4.55 Å². The molecule has 37 heavy (non-hydrogen) atoms. The second-order valence-electron chi connectivity index (χ2n) is 10.7. The molecule has 5 heteroatoms. The second kappa shape index (κ2) is 21.1. The van der Waals surface area contributed by atoms with E-state index in [1.165, 1.54) is 109 Å². The molecule has 2 rings (SSSR count). The molecule has 0 atom stereocenters. The smallest absolute Gasteiger partial charge is 0.744 e. The van der Waals surface area contributed by atoms with E-state index >= 15 is 0 Å². The van der Waals surface area contributed by atoms with Crippen LogP contribution in [0.4, 0.5) is 0 Å². The van der Waals surface area contributed by atoms with Gasteiger partial charge in [0.05, 0.1) is 4.90 Å². The summed E-state index contributed by atoms with van der Waals surface area (Å²) < 4.78 is 35.9. The molecule has 0 bridgehead atoms. The first-order chi connectivity index (χ1) is 17.5. The maximum atomic E-state index is 12.0. The molecule has 0 heterocycles. The van der Waals surface area contributed by atoms with Crippen molar-refractivity contribution < 1.29 is 64.4 Å². The second-order valence-corrected chi connectivity index (χ2v) is 12.1. The quantitative estimate of drug-likeness (QED) is 0.0958. The van der Waals surface area contributed by atoms with Crippen molar-refractivity contribution in [3.8, 4) is 0 Å². The zero-order valence-corrected chi connectivity index (χ0v) is 28.1. The third-order valence-corrected chi connectivity index (χ3v) is 8.41. The third kappa shape index (κ3) is 14.4. The Balaban J connectivity index is 0.00000684. The molecule has 0 amide bonds. The number of unbranched alkanes of at least 4 members (excludes halogenated alkanes) is 16. The average Bonchev–Trinajstić information content (AvgIpc) is 2.85. The first-order valence-corrected chi connectivity index (χ1v) is 16.4. The predicted molar refractivity (Wildman–Crippen MR) is 154 cm³/mol. The van der Waals surface area contributed by atoms with Crippen molar-refractivity contribution >= 4 is 20.9 Å². The molecule has 0 aliphatic carbocycles. The Morgan fingerprint density at radius 2 is 1.03 bits per heavy atom. The fourth-order valence-corrected chi connectivity index (χ4v) is 5.96. The molecule has 0 N–H and O–H groups in total. The van der Waals surface area contributed by atoms with Crippen LogP contribution in [0.15, 0.2) is 35.2 Å². The van der Waals surface area contributed by atoms with Gasteiger partial charge in [-0.05, 0) is 59.7 Å². The first kappa shape index (κ1) is 35.3. The van der Waals surface area contributed by atoms with Crippen LogP contribution >= 0.6 is 0 Å². The van der Waals surface area contributed by atoms with E-state index in [0.29, 0.717) is 5.39 Å². The van der Waals surface area contributed by atoms with Crippen LogP contribution in [-0.4, -0.2) is 13.0 Å². The van der Waals surface area contributed by atoms with Gasteiger partial charge >= 0.3 is 51.4 Å². The molecule has 2 aromatic carbocycles. The van der Waals surface area contributed by atoms with E-state index in [1.54, 1.807) is 0 Å². The molecule has 0 spiro atoms. The number of fused-ring (bicyclic) bond motifs is 1. The van der Waals surface area contributed by atoms with Crippen LogP contribution in [0.2, 0.25) is 0 Å². The monoisotopic (exact) mass is 554 g/mol. The van der Waals surface area contributed by atoms with E-state index in [0.717, 1.165) is 42.2 Å². The van der Waals surface area contributed by atoms with Gasteiger partial charge in [0.15, 0.2) is 0 Å². The summed E-state index contributed by atoms with van der Waals surface area (Å²) in [5.74, 6) is 0. The molecule has 0 radical (unpaired) electrons. The molecule has 3 nitrogen and oxygen atoms in total. The summed E-state index contributed by atoms with van der Waals surface area (Å²) in [4.78, 5) is -0.0674. The van der Waals surface area contributed by atoms with Crippen molar-refractivity contribution in [1.29, 1.82) is 0 Å². The number of benzene rings is 2. The third-order valence-electron chi connectivity index (χ3n) is 7.52. The fourth-order valence-electron chi connectivity index (χ4n) is 5.29. The Kier molecular flexibility index (Phi) is 20.1. The number of hydrogen-bond acceptors (Lipinski definition) is 3. The van der Waals surface area contributed by atoms with E-state index < -0.39 is 10.1 Å². The summed E-state index contributed by atoms with van der Waals surface area (Å²) in [6, 6.07) is 9.54. The zero-order chi connectivity index (χ0) is 26.1. The van der Waals surface area contributed by atoms with Crippen LogP contribution in [0.25, 0.3) is 10.8 Å². The van der Waals surface area contributed by atoms with Crippen LogP contribution in [0.1, 0.15) is 141 Å². The Bertz CT molecular complexity index is 971. The SMILES string of the molecule is CCCCCCCCCCCc1ccc2c(CCCCCCCCCCC)ccc(S(=O)(=O)[O-])c2c1.[K+]. The van der Waals surface area contributed by atoms with Crippen LogP contribution < -0.4 is 51.4 Å². The summed E-state index contributed by atoms with van der Waals surface area (Å²) in [5, 5.41) is 1.55. The number of rotatable bonds is 21. The van der Waals surface area contributed by atoms with Crippen molar-refractivity contribution in [3.05, 3.63) is 41.5 Å². The van der Waals surface area contributed by atoms with Crippen LogP contribution in [0.3, 0.4) is 0 Å². The van der Waals surface area contributed by atoms with Crippen LogP contribution in [-0.2, 0) is 23.0 Å². The van der Waals surface area contributed by atoms with Gasteiger partial charge in [-0.2, -0.15) is 0 Å². The fraction of sp³-hybridized carbons (Fsp3) is 0.688. The molecular weight excluding hydrogens is 504 g/mol. The van der Waals surface area contributed by atoms with Gasteiger partial charge in [0.25, 0.3) is 0 Å². The molecule has 0 saturated heterocycles. The Labute approximate surface area is 271 Å². The van der Waals surface area contributed by atoms with Gasteiger partial charge in [-0.3, -0.25) is 0 Å². The Morgan fingerprint density at radius 3 is 1.51 bits per heavy atom. The molecule has 0 aliphatic rings. The van der Waals surface area contributed by atoms with Crippen molar-refractivity contribution in [1.82, 2.24) is 0 Å². The van der Waals surface area contributed by atoms with Gasteiger partial charge in [0, 0.05) is 0 Å².